The fourth-order valence-corrected chi connectivity index (χ4v) is 3.57. The van der Waals surface area contributed by atoms with Crippen LogP contribution < -0.4 is 10.2 Å². The van der Waals surface area contributed by atoms with Gasteiger partial charge in [-0.3, -0.25) is 9.59 Å². The van der Waals surface area contributed by atoms with Gasteiger partial charge in [-0.2, -0.15) is 13.2 Å². The van der Waals surface area contributed by atoms with E-state index in [2.05, 4.69) is 10.3 Å². The van der Waals surface area contributed by atoms with Gasteiger partial charge in [0.2, 0.25) is 5.91 Å². The van der Waals surface area contributed by atoms with E-state index in [0.717, 1.165) is 12.1 Å². The maximum atomic E-state index is 13.4. The van der Waals surface area contributed by atoms with Crippen LogP contribution in [0, 0.1) is 11.7 Å². The predicted molar refractivity (Wildman–Crippen MR) is 111 cm³/mol. The van der Waals surface area contributed by atoms with Crippen molar-refractivity contribution in [3.05, 3.63) is 59.5 Å². The third-order valence-corrected chi connectivity index (χ3v) is 5.29. The lowest BCUT2D eigenvalue weighted by molar-refractivity contribution is -0.138. The lowest BCUT2D eigenvalue weighted by atomic mass is 10.0. The summed E-state index contributed by atoms with van der Waals surface area (Å²) >= 11 is 0. The van der Waals surface area contributed by atoms with E-state index in [1.54, 1.807) is 13.8 Å². The average Bonchev–Trinajstić information content (AvgIpc) is 2.76. The highest BCUT2D eigenvalue weighted by atomic mass is 19.4. The molecule has 1 saturated heterocycles. The number of nitrogens with one attached hydrogen (secondary N) is 1. The van der Waals surface area contributed by atoms with Gasteiger partial charge in [-0.15, -0.1) is 0 Å². The van der Waals surface area contributed by atoms with Crippen molar-refractivity contribution in [3.8, 4) is 0 Å². The second kappa shape index (κ2) is 9.54. The minimum Gasteiger partial charge on any atom is -0.353 e. The van der Waals surface area contributed by atoms with Crippen molar-refractivity contribution >= 4 is 17.6 Å². The molecule has 1 aromatic carbocycles. The number of anilines is 1. The van der Waals surface area contributed by atoms with Gasteiger partial charge in [-0.05, 0) is 36.2 Å². The zero-order valence-corrected chi connectivity index (χ0v) is 17.7. The SMILES string of the molecule is CC(C)C(NC(=O)c1cccc(F)c1)C(=O)N1CCN(c2ncccc2C(F)(F)F)CC1. The Morgan fingerprint density at radius 2 is 1.75 bits per heavy atom. The summed E-state index contributed by atoms with van der Waals surface area (Å²) in [6.07, 6.45) is -3.22. The van der Waals surface area contributed by atoms with Crippen molar-refractivity contribution in [2.45, 2.75) is 26.1 Å². The summed E-state index contributed by atoms with van der Waals surface area (Å²) < 4.78 is 53.3. The van der Waals surface area contributed by atoms with Gasteiger partial charge in [-0.1, -0.05) is 19.9 Å². The molecule has 2 heterocycles. The van der Waals surface area contributed by atoms with Crippen LogP contribution in [0.4, 0.5) is 23.4 Å². The minimum absolute atomic E-state index is 0.100. The summed E-state index contributed by atoms with van der Waals surface area (Å²) in [5, 5.41) is 2.66. The Bertz CT molecular complexity index is 972. The summed E-state index contributed by atoms with van der Waals surface area (Å²) in [6, 6.07) is 6.52. The number of amides is 2. The zero-order valence-electron chi connectivity index (χ0n) is 17.7. The highest BCUT2D eigenvalue weighted by Gasteiger charge is 2.37. The highest BCUT2D eigenvalue weighted by molar-refractivity contribution is 5.97. The number of pyridine rings is 1. The molecule has 1 aromatic heterocycles. The summed E-state index contributed by atoms with van der Waals surface area (Å²) in [4.78, 5) is 32.5. The summed E-state index contributed by atoms with van der Waals surface area (Å²) in [5.74, 6) is -1.87. The molecule has 1 unspecified atom stereocenters. The Morgan fingerprint density at radius 3 is 2.34 bits per heavy atom. The van der Waals surface area contributed by atoms with Gasteiger partial charge in [0.15, 0.2) is 0 Å². The van der Waals surface area contributed by atoms with Gasteiger partial charge in [0.25, 0.3) is 5.91 Å². The Balaban J connectivity index is 1.67. The first kappa shape index (κ1) is 23.5. The molecule has 32 heavy (non-hydrogen) atoms. The quantitative estimate of drug-likeness (QED) is 0.707. The van der Waals surface area contributed by atoms with E-state index in [-0.39, 0.29) is 49.4 Å². The van der Waals surface area contributed by atoms with Crippen LogP contribution in [0.5, 0.6) is 0 Å². The van der Waals surface area contributed by atoms with Crippen molar-refractivity contribution in [2.24, 2.45) is 5.92 Å². The van der Waals surface area contributed by atoms with Gasteiger partial charge >= 0.3 is 6.18 Å². The summed E-state index contributed by atoms with van der Waals surface area (Å²) in [5.41, 5.74) is -0.717. The van der Waals surface area contributed by atoms with Crippen LogP contribution in [0.2, 0.25) is 0 Å². The van der Waals surface area contributed by atoms with Gasteiger partial charge in [0, 0.05) is 37.9 Å². The number of piperazine rings is 1. The number of carbonyl (C=O) groups excluding carboxylic acids is 2. The number of hydrogen-bond acceptors (Lipinski definition) is 4. The Labute approximate surface area is 183 Å². The minimum atomic E-state index is -4.53. The van der Waals surface area contributed by atoms with Crippen LogP contribution in [0.25, 0.3) is 0 Å². The highest BCUT2D eigenvalue weighted by Crippen LogP contribution is 2.35. The molecule has 0 spiro atoms. The van der Waals surface area contributed by atoms with Gasteiger partial charge in [0.05, 0.1) is 5.56 Å². The van der Waals surface area contributed by atoms with Gasteiger partial charge < -0.3 is 15.1 Å². The molecule has 1 aliphatic rings. The van der Waals surface area contributed by atoms with Crippen molar-refractivity contribution in [3.63, 3.8) is 0 Å². The maximum absolute atomic E-state index is 13.4. The zero-order chi connectivity index (χ0) is 23.5. The molecule has 0 radical (unpaired) electrons. The molecule has 1 fully saturated rings. The number of carbonyl (C=O) groups is 2. The fourth-order valence-electron chi connectivity index (χ4n) is 3.57. The average molecular weight is 452 g/mol. The molecule has 3 rings (SSSR count). The van der Waals surface area contributed by atoms with E-state index >= 15 is 0 Å². The van der Waals surface area contributed by atoms with Gasteiger partial charge in [-0.25, -0.2) is 9.37 Å². The number of benzene rings is 1. The molecular formula is C22H24F4N4O2. The molecule has 2 amide bonds. The molecule has 6 nitrogen and oxygen atoms in total. The lowest BCUT2D eigenvalue weighted by Gasteiger charge is -2.38. The van der Waals surface area contributed by atoms with Crippen LogP contribution in [-0.2, 0) is 11.0 Å². The molecule has 0 bridgehead atoms. The topological polar surface area (TPSA) is 65.5 Å². The van der Waals surface area contributed by atoms with Crippen molar-refractivity contribution in [2.75, 3.05) is 31.1 Å². The first-order chi connectivity index (χ1) is 15.1. The second-order valence-electron chi connectivity index (χ2n) is 7.89. The number of hydrogen-bond donors (Lipinski definition) is 1. The molecule has 172 valence electrons. The predicted octanol–water partition coefficient (Wildman–Crippen LogP) is 3.34. The van der Waals surface area contributed by atoms with E-state index in [0.29, 0.717) is 0 Å². The van der Waals surface area contributed by atoms with Crippen molar-refractivity contribution in [1.29, 1.82) is 0 Å². The maximum Gasteiger partial charge on any atom is 0.419 e. The third kappa shape index (κ3) is 5.35. The van der Waals surface area contributed by atoms with Crippen LogP contribution in [0.3, 0.4) is 0 Å². The van der Waals surface area contributed by atoms with Crippen molar-refractivity contribution < 1.29 is 27.2 Å². The fraction of sp³-hybridized carbons (Fsp3) is 0.409. The Kier molecular flexibility index (Phi) is 7.00. The van der Waals surface area contributed by atoms with E-state index in [1.165, 1.54) is 40.3 Å². The summed E-state index contributed by atoms with van der Waals surface area (Å²) in [7, 11) is 0. The second-order valence-corrected chi connectivity index (χ2v) is 7.89. The van der Waals surface area contributed by atoms with Gasteiger partial charge in [0.1, 0.15) is 17.7 Å². The largest absolute Gasteiger partial charge is 0.419 e. The number of alkyl halides is 3. The first-order valence-electron chi connectivity index (χ1n) is 10.2. The number of rotatable bonds is 5. The number of halogens is 4. The first-order valence-corrected chi connectivity index (χ1v) is 10.2. The molecule has 1 atom stereocenters. The molecule has 0 aliphatic carbocycles. The monoisotopic (exact) mass is 452 g/mol. The third-order valence-electron chi connectivity index (χ3n) is 5.29. The molecule has 0 saturated carbocycles. The Hall–Kier alpha value is -3.17. The number of aromatic nitrogens is 1. The van der Waals surface area contributed by atoms with Crippen molar-refractivity contribution in [1.82, 2.24) is 15.2 Å². The molecule has 1 N–H and O–H groups in total. The smallest absolute Gasteiger partial charge is 0.353 e. The normalized spacial score (nSPS) is 15.6. The molecule has 10 heteroatoms. The van der Waals surface area contributed by atoms with Crippen LogP contribution >= 0.6 is 0 Å². The van der Waals surface area contributed by atoms with E-state index in [9.17, 15) is 27.2 Å². The van der Waals surface area contributed by atoms with Crippen LogP contribution in [0.1, 0.15) is 29.8 Å². The van der Waals surface area contributed by atoms with E-state index in [1.807, 2.05) is 0 Å². The molecule has 2 aromatic rings. The molecular weight excluding hydrogens is 428 g/mol. The summed E-state index contributed by atoms with van der Waals surface area (Å²) in [6.45, 7) is 4.27. The van der Waals surface area contributed by atoms with Crippen LogP contribution in [0.15, 0.2) is 42.6 Å². The standard InChI is InChI=1S/C22H24F4N4O2/c1-14(2)18(28-20(31)15-5-3-6-16(23)13-15)21(32)30-11-9-29(10-12-30)19-17(22(24,25)26)7-4-8-27-19/h3-8,13-14,18H,9-12H2,1-2H3,(H,28,31). The molecule has 1 aliphatic heterocycles. The number of nitrogens with zero attached hydrogens (tertiary/aromatic N) is 3. The van der Waals surface area contributed by atoms with E-state index in [4.69, 9.17) is 0 Å². The van der Waals surface area contributed by atoms with Crippen LogP contribution in [-0.4, -0.2) is 53.9 Å². The Morgan fingerprint density at radius 1 is 1.06 bits per heavy atom. The van der Waals surface area contributed by atoms with E-state index < -0.39 is 29.5 Å². The lowest BCUT2D eigenvalue weighted by Crippen LogP contribution is -2.56.